The molecule has 0 aromatic heterocycles. The molecule has 8 nitrogen and oxygen atoms in total. The molecule has 2 rings (SSSR count). The summed E-state index contributed by atoms with van der Waals surface area (Å²) in [5.74, 6) is -3.02. The zero-order valence-corrected chi connectivity index (χ0v) is 19.7. The van der Waals surface area contributed by atoms with E-state index in [4.69, 9.17) is 14.6 Å². The third kappa shape index (κ3) is 8.35. The van der Waals surface area contributed by atoms with Crippen LogP contribution in [0.4, 0.5) is 0 Å². The lowest BCUT2D eigenvalue weighted by Gasteiger charge is -2.22. The number of rotatable bonds is 12. The average Bonchev–Trinajstić information content (AvgIpc) is 2.81. The van der Waals surface area contributed by atoms with Gasteiger partial charge in [0.1, 0.15) is 6.54 Å². The lowest BCUT2D eigenvalue weighted by molar-refractivity contribution is -0.152. The Hall–Kier alpha value is -3.68. The number of hydrogen-bond acceptors (Lipinski definition) is 6. The number of ether oxygens (including phenoxy) is 2. The van der Waals surface area contributed by atoms with Crippen molar-refractivity contribution in [2.45, 2.75) is 39.5 Å². The van der Waals surface area contributed by atoms with Crippen molar-refractivity contribution in [3.05, 3.63) is 71.3 Å². The number of carbonyl (C=O) groups excluding carboxylic acids is 3. The highest BCUT2D eigenvalue weighted by Crippen LogP contribution is 2.19. The number of aliphatic carboxylic acids is 1. The van der Waals surface area contributed by atoms with Crippen molar-refractivity contribution in [1.29, 1.82) is 0 Å². The number of benzene rings is 2. The van der Waals surface area contributed by atoms with Crippen LogP contribution in [0.3, 0.4) is 0 Å². The first-order valence-corrected chi connectivity index (χ1v) is 11.2. The molecule has 0 radical (unpaired) electrons. The molecule has 8 heteroatoms. The minimum atomic E-state index is -0.883. The van der Waals surface area contributed by atoms with Crippen LogP contribution in [0.15, 0.2) is 54.6 Å². The van der Waals surface area contributed by atoms with Crippen molar-refractivity contribution >= 4 is 23.8 Å². The standard InChI is InChI=1S/C26H31NO7/c1-4-33-24(29)16-27(25(30)22-8-6-5-7-9-22)17-34-23(28)15-18(2)14-20-10-12-21(13-11-20)19(3)26(31)32/h5-13,18-19H,4,14-17H2,1-3H3,(H,31,32). The Bertz CT molecular complexity index is 972. The summed E-state index contributed by atoms with van der Waals surface area (Å²) >= 11 is 0. The zero-order chi connectivity index (χ0) is 25.1. The van der Waals surface area contributed by atoms with Gasteiger partial charge < -0.3 is 14.6 Å². The first-order valence-electron chi connectivity index (χ1n) is 11.2. The molecule has 1 amide bonds. The van der Waals surface area contributed by atoms with E-state index in [1.165, 1.54) is 0 Å². The molecule has 2 unspecified atom stereocenters. The van der Waals surface area contributed by atoms with Crippen molar-refractivity contribution in [3.63, 3.8) is 0 Å². The molecule has 0 aliphatic heterocycles. The van der Waals surface area contributed by atoms with Crippen molar-refractivity contribution < 1.29 is 33.8 Å². The van der Waals surface area contributed by atoms with Crippen LogP contribution in [0.2, 0.25) is 0 Å². The van der Waals surface area contributed by atoms with Gasteiger partial charge in [-0.3, -0.25) is 24.1 Å². The number of hydrogen-bond donors (Lipinski definition) is 1. The molecule has 2 atom stereocenters. The fourth-order valence-corrected chi connectivity index (χ4v) is 3.35. The highest BCUT2D eigenvalue weighted by Gasteiger charge is 2.22. The fraction of sp³-hybridized carbons (Fsp3) is 0.385. The van der Waals surface area contributed by atoms with E-state index in [9.17, 15) is 19.2 Å². The van der Waals surface area contributed by atoms with E-state index < -0.39 is 29.7 Å². The second kappa shape index (κ2) is 13.1. The smallest absolute Gasteiger partial charge is 0.325 e. The van der Waals surface area contributed by atoms with E-state index in [1.807, 2.05) is 19.1 Å². The maximum Gasteiger partial charge on any atom is 0.325 e. The minimum absolute atomic E-state index is 0.0430. The first kappa shape index (κ1) is 26.6. The average molecular weight is 470 g/mol. The van der Waals surface area contributed by atoms with Crippen LogP contribution >= 0.6 is 0 Å². The summed E-state index contributed by atoms with van der Waals surface area (Å²) in [6.07, 6.45) is 0.729. The van der Waals surface area contributed by atoms with Gasteiger partial charge in [0, 0.05) is 12.0 Å². The Morgan fingerprint density at radius 2 is 1.56 bits per heavy atom. The number of amides is 1. The topological polar surface area (TPSA) is 110 Å². The van der Waals surface area contributed by atoms with Gasteiger partial charge in [-0.25, -0.2) is 0 Å². The third-order valence-electron chi connectivity index (χ3n) is 5.26. The molecule has 1 N–H and O–H groups in total. The second-order valence-corrected chi connectivity index (χ2v) is 8.13. The lowest BCUT2D eigenvalue weighted by Crippen LogP contribution is -2.39. The van der Waals surface area contributed by atoms with Crippen LogP contribution in [0.5, 0.6) is 0 Å². The van der Waals surface area contributed by atoms with Crippen LogP contribution in [0.25, 0.3) is 0 Å². The number of carboxylic acids is 1. The van der Waals surface area contributed by atoms with Crippen molar-refractivity contribution in [3.8, 4) is 0 Å². The predicted octanol–water partition coefficient (Wildman–Crippen LogP) is 3.65. The quantitative estimate of drug-likeness (QED) is 0.373. The molecule has 0 aliphatic carbocycles. The molecule has 0 aliphatic rings. The molecular weight excluding hydrogens is 438 g/mol. The summed E-state index contributed by atoms with van der Waals surface area (Å²) in [5, 5.41) is 9.11. The van der Waals surface area contributed by atoms with E-state index >= 15 is 0 Å². The Kier molecular flexibility index (Phi) is 10.3. The van der Waals surface area contributed by atoms with E-state index in [0.717, 1.165) is 10.5 Å². The summed E-state index contributed by atoms with van der Waals surface area (Å²) in [6.45, 7) is 4.69. The maximum absolute atomic E-state index is 12.8. The van der Waals surface area contributed by atoms with Gasteiger partial charge in [0.2, 0.25) is 0 Å². The number of carbonyl (C=O) groups is 4. The molecule has 2 aromatic rings. The molecule has 2 aromatic carbocycles. The van der Waals surface area contributed by atoms with Crippen molar-refractivity contribution in [2.75, 3.05) is 19.9 Å². The molecule has 0 heterocycles. The predicted molar refractivity (Wildman–Crippen MR) is 125 cm³/mol. The lowest BCUT2D eigenvalue weighted by atomic mass is 9.95. The number of esters is 2. The first-order chi connectivity index (χ1) is 16.2. The SMILES string of the molecule is CCOC(=O)CN(COC(=O)CC(C)Cc1ccc(C(C)C(=O)O)cc1)C(=O)c1ccccc1. The summed E-state index contributed by atoms with van der Waals surface area (Å²) in [7, 11) is 0. The summed E-state index contributed by atoms with van der Waals surface area (Å²) in [6, 6.07) is 15.7. The molecular formula is C26H31NO7. The maximum atomic E-state index is 12.8. The third-order valence-corrected chi connectivity index (χ3v) is 5.26. The van der Waals surface area contributed by atoms with Crippen LogP contribution < -0.4 is 0 Å². The van der Waals surface area contributed by atoms with Gasteiger partial charge in [-0.2, -0.15) is 0 Å². The van der Waals surface area contributed by atoms with E-state index in [1.54, 1.807) is 56.3 Å². The highest BCUT2D eigenvalue weighted by molar-refractivity contribution is 5.96. The molecule has 0 bridgehead atoms. The van der Waals surface area contributed by atoms with Crippen LogP contribution in [-0.2, 0) is 30.3 Å². The van der Waals surface area contributed by atoms with Gasteiger partial charge in [0.15, 0.2) is 6.73 Å². The largest absolute Gasteiger partial charge is 0.481 e. The summed E-state index contributed by atoms with van der Waals surface area (Å²) < 4.78 is 10.2. The molecule has 0 saturated heterocycles. The fourth-order valence-electron chi connectivity index (χ4n) is 3.35. The van der Waals surface area contributed by atoms with Gasteiger partial charge in [0.25, 0.3) is 5.91 Å². The van der Waals surface area contributed by atoms with Crippen LogP contribution in [0, 0.1) is 5.92 Å². The number of nitrogens with zero attached hydrogens (tertiary/aromatic N) is 1. The molecule has 0 saturated carbocycles. The Labute approximate surface area is 199 Å². The molecule has 0 fully saturated rings. The summed E-state index contributed by atoms with van der Waals surface area (Å²) in [4.78, 5) is 49.3. The minimum Gasteiger partial charge on any atom is -0.481 e. The van der Waals surface area contributed by atoms with Crippen molar-refractivity contribution in [2.24, 2.45) is 5.92 Å². The van der Waals surface area contributed by atoms with E-state index in [-0.39, 0.29) is 32.2 Å². The normalized spacial score (nSPS) is 12.3. The zero-order valence-electron chi connectivity index (χ0n) is 19.7. The van der Waals surface area contributed by atoms with Crippen molar-refractivity contribution in [1.82, 2.24) is 4.90 Å². The van der Waals surface area contributed by atoms with Gasteiger partial charge >= 0.3 is 17.9 Å². The van der Waals surface area contributed by atoms with Gasteiger partial charge in [-0.15, -0.1) is 0 Å². The van der Waals surface area contributed by atoms with Gasteiger partial charge in [-0.05, 0) is 49.4 Å². The Morgan fingerprint density at radius 1 is 0.912 bits per heavy atom. The van der Waals surface area contributed by atoms with Crippen LogP contribution in [-0.4, -0.2) is 53.7 Å². The van der Waals surface area contributed by atoms with Gasteiger partial charge in [-0.1, -0.05) is 49.4 Å². The highest BCUT2D eigenvalue weighted by atomic mass is 16.6. The number of carboxylic acid groups (broad SMARTS) is 1. The Balaban J connectivity index is 1.92. The second-order valence-electron chi connectivity index (χ2n) is 8.13. The Morgan fingerprint density at radius 3 is 2.15 bits per heavy atom. The monoisotopic (exact) mass is 469 g/mol. The van der Waals surface area contributed by atoms with Gasteiger partial charge in [0.05, 0.1) is 12.5 Å². The van der Waals surface area contributed by atoms with E-state index in [2.05, 4.69) is 0 Å². The molecule has 182 valence electrons. The van der Waals surface area contributed by atoms with E-state index in [0.29, 0.717) is 17.5 Å². The summed E-state index contributed by atoms with van der Waals surface area (Å²) in [5.41, 5.74) is 2.06. The van der Waals surface area contributed by atoms with Crippen LogP contribution in [0.1, 0.15) is 54.6 Å². The molecule has 34 heavy (non-hydrogen) atoms. The molecule has 0 spiro atoms.